The number of aromatic nitrogens is 1. The normalized spacial score (nSPS) is 12.7. The van der Waals surface area contributed by atoms with Crippen molar-refractivity contribution in [1.82, 2.24) is 25.6 Å². The molecule has 0 saturated carbocycles. The molecule has 0 bridgehead atoms. The molecule has 1 aromatic heterocycles. The molecule has 2 amide bonds. The van der Waals surface area contributed by atoms with E-state index < -0.39 is 33.7 Å². The molecule has 0 fully saturated rings. The van der Waals surface area contributed by atoms with Crippen molar-refractivity contribution in [2.24, 2.45) is 5.73 Å². The highest BCUT2D eigenvalue weighted by molar-refractivity contribution is 7.85. The molecule has 1 atom stereocenters. The number of carbonyl (C=O) groups excluding carboxylic acids is 2. The van der Waals surface area contributed by atoms with Crippen LogP contribution in [-0.4, -0.2) is 99.8 Å². The van der Waals surface area contributed by atoms with Crippen molar-refractivity contribution >= 4 is 32.8 Å². The second-order valence-corrected chi connectivity index (χ2v) is 9.85. The Hall–Kier alpha value is -2.59. The van der Waals surface area contributed by atoms with Gasteiger partial charge in [-0.15, -0.1) is 0 Å². The number of para-hydroxylation sites is 1. The maximum Gasteiger partial charge on any atom is 0.267 e. The fourth-order valence-electron chi connectivity index (χ4n) is 3.63. The first-order valence-corrected chi connectivity index (χ1v) is 13.6. The molecule has 0 aliphatic carbocycles. The lowest BCUT2D eigenvalue weighted by Gasteiger charge is -2.19. The Balaban J connectivity index is 1.95. The fourth-order valence-corrected chi connectivity index (χ4v) is 4.29. The predicted molar refractivity (Wildman–Crippen MR) is 139 cm³/mol. The number of hydrogen-bond donors (Lipinski definition) is 5. The summed E-state index contributed by atoms with van der Waals surface area (Å²) < 4.78 is 44.7. The molecule has 0 unspecified atom stereocenters. The molecule has 1 aromatic carbocycles. The first-order chi connectivity index (χ1) is 17.6. The van der Waals surface area contributed by atoms with Gasteiger partial charge in [-0.2, -0.15) is 8.42 Å². The number of ether oxygens (including phenoxy) is 2. The lowest BCUT2D eigenvalue weighted by molar-refractivity contribution is -0.128. The highest BCUT2D eigenvalue weighted by atomic mass is 32.2. The Morgan fingerprint density at radius 2 is 1.86 bits per heavy atom. The van der Waals surface area contributed by atoms with Gasteiger partial charge in [0.2, 0.25) is 11.8 Å². The second kappa shape index (κ2) is 15.6. The number of carbonyl (C=O) groups is 2. The van der Waals surface area contributed by atoms with Gasteiger partial charge >= 0.3 is 0 Å². The number of nitrogens with zero attached hydrogens (tertiary/aromatic N) is 2. The molecule has 0 aliphatic rings. The van der Waals surface area contributed by atoms with Crippen LogP contribution in [0.5, 0.6) is 0 Å². The first kappa shape index (κ1) is 30.6. The molecular formula is C23H38N6O7S. The van der Waals surface area contributed by atoms with Crippen molar-refractivity contribution in [2.45, 2.75) is 25.6 Å². The highest BCUT2D eigenvalue weighted by Gasteiger charge is 2.26. The minimum atomic E-state index is -4.52. The number of hydrogen-bond acceptors (Lipinski definition) is 9. The standard InChI is InChI=1S/C23H38N6O7S/c1-25-28(2)16-19-15-18-5-3-4-6-21(18)29(19)10-7-22(30)27-20(17-37(32,33)34)23(31)26-9-12-36-14-13-35-11-8-24/h3-6,15,20,25H,7-14,16-17,24H2,1-2H3,(H,26,31)(H,27,30)(H,32,33,34)/t20-/m0/s1. The van der Waals surface area contributed by atoms with Gasteiger partial charge in [-0.05, 0) is 24.6 Å². The minimum absolute atomic E-state index is 0.00386. The van der Waals surface area contributed by atoms with E-state index >= 15 is 0 Å². The summed E-state index contributed by atoms with van der Waals surface area (Å²) in [6.07, 6.45) is -0.00386. The summed E-state index contributed by atoms with van der Waals surface area (Å²) in [7, 11) is -0.816. The van der Waals surface area contributed by atoms with Gasteiger partial charge in [0.15, 0.2) is 0 Å². The summed E-state index contributed by atoms with van der Waals surface area (Å²) in [5, 5.41) is 7.87. The average Bonchev–Trinajstić information content (AvgIpc) is 3.19. The number of nitrogens with two attached hydrogens (primary N) is 1. The van der Waals surface area contributed by atoms with Gasteiger partial charge in [0.1, 0.15) is 11.8 Å². The third-order valence-electron chi connectivity index (χ3n) is 5.45. The smallest absolute Gasteiger partial charge is 0.267 e. The molecule has 6 N–H and O–H groups in total. The van der Waals surface area contributed by atoms with Gasteiger partial charge < -0.3 is 30.4 Å². The van der Waals surface area contributed by atoms with E-state index in [2.05, 4.69) is 16.1 Å². The highest BCUT2D eigenvalue weighted by Crippen LogP contribution is 2.21. The van der Waals surface area contributed by atoms with Crippen LogP contribution in [0.15, 0.2) is 30.3 Å². The van der Waals surface area contributed by atoms with Crippen LogP contribution in [0.2, 0.25) is 0 Å². The van der Waals surface area contributed by atoms with E-state index in [1.54, 1.807) is 0 Å². The molecule has 14 heteroatoms. The molecule has 0 spiro atoms. The zero-order valence-corrected chi connectivity index (χ0v) is 22.1. The number of aryl methyl sites for hydroxylation is 1. The van der Waals surface area contributed by atoms with Crippen molar-refractivity contribution < 1.29 is 32.0 Å². The summed E-state index contributed by atoms with van der Waals surface area (Å²) in [6, 6.07) is 8.38. The Morgan fingerprint density at radius 3 is 2.54 bits per heavy atom. The zero-order chi connectivity index (χ0) is 27.3. The van der Waals surface area contributed by atoms with Crippen molar-refractivity contribution in [1.29, 1.82) is 0 Å². The monoisotopic (exact) mass is 542 g/mol. The molecule has 0 saturated heterocycles. The van der Waals surface area contributed by atoms with E-state index in [0.29, 0.717) is 39.5 Å². The largest absolute Gasteiger partial charge is 0.378 e. The van der Waals surface area contributed by atoms with Gasteiger partial charge in [-0.1, -0.05) is 18.2 Å². The van der Waals surface area contributed by atoms with Crippen molar-refractivity contribution in [3.05, 3.63) is 36.0 Å². The van der Waals surface area contributed by atoms with E-state index in [9.17, 15) is 22.6 Å². The number of benzene rings is 1. The van der Waals surface area contributed by atoms with Crippen LogP contribution in [0, 0.1) is 0 Å². The van der Waals surface area contributed by atoms with E-state index in [1.165, 1.54) is 0 Å². The molecule has 37 heavy (non-hydrogen) atoms. The van der Waals surface area contributed by atoms with Crippen molar-refractivity contribution in [3.63, 3.8) is 0 Å². The first-order valence-electron chi connectivity index (χ1n) is 12.0. The average molecular weight is 543 g/mol. The van der Waals surface area contributed by atoms with E-state index in [1.807, 2.05) is 54.0 Å². The van der Waals surface area contributed by atoms with Crippen LogP contribution in [0.1, 0.15) is 12.1 Å². The lowest BCUT2D eigenvalue weighted by Crippen LogP contribution is -2.51. The summed E-state index contributed by atoms with van der Waals surface area (Å²) in [4.78, 5) is 25.2. The van der Waals surface area contributed by atoms with Crippen molar-refractivity contribution in [3.8, 4) is 0 Å². The van der Waals surface area contributed by atoms with Crippen LogP contribution < -0.4 is 21.8 Å². The summed E-state index contributed by atoms with van der Waals surface area (Å²) in [5.74, 6) is -2.21. The van der Waals surface area contributed by atoms with E-state index in [-0.39, 0.29) is 19.6 Å². The predicted octanol–water partition coefficient (Wildman–Crippen LogP) is -0.922. The molecular weight excluding hydrogens is 504 g/mol. The van der Waals surface area contributed by atoms with Gasteiger partial charge in [0.05, 0.1) is 33.0 Å². The molecule has 0 radical (unpaired) electrons. The van der Waals surface area contributed by atoms with E-state index in [0.717, 1.165) is 16.6 Å². The Morgan fingerprint density at radius 1 is 1.16 bits per heavy atom. The van der Waals surface area contributed by atoms with Crippen LogP contribution >= 0.6 is 0 Å². The quantitative estimate of drug-likeness (QED) is 0.0899. The molecule has 2 rings (SSSR count). The zero-order valence-electron chi connectivity index (χ0n) is 21.3. The maximum absolute atomic E-state index is 12.7. The van der Waals surface area contributed by atoms with Gasteiger partial charge in [-0.25, -0.2) is 5.01 Å². The third-order valence-corrected chi connectivity index (χ3v) is 6.20. The molecule has 0 aliphatic heterocycles. The number of amides is 2. The van der Waals surface area contributed by atoms with E-state index in [4.69, 9.17) is 15.2 Å². The molecule has 208 valence electrons. The van der Waals surface area contributed by atoms with Crippen molar-refractivity contribution in [2.75, 3.05) is 59.4 Å². The number of hydrazine groups is 1. The molecule has 13 nitrogen and oxygen atoms in total. The maximum atomic E-state index is 12.7. The Labute approximate surface area is 217 Å². The topological polar surface area (TPSA) is 177 Å². The second-order valence-electron chi connectivity index (χ2n) is 8.35. The van der Waals surface area contributed by atoms with Crippen LogP contribution in [0.4, 0.5) is 0 Å². The number of fused-ring (bicyclic) bond motifs is 1. The SMILES string of the molecule is CNN(C)Cc1cc2ccccc2n1CCC(=O)N[C@@H](CS(=O)(=O)O)C(=O)NCCOCCOCCN. The van der Waals surface area contributed by atoms with Crippen LogP contribution in [0.25, 0.3) is 10.9 Å². The fraction of sp³-hybridized carbons (Fsp3) is 0.565. The van der Waals surface area contributed by atoms with Gasteiger partial charge in [0.25, 0.3) is 10.1 Å². The Kier molecular flexibility index (Phi) is 12.9. The third kappa shape index (κ3) is 11.1. The Bertz CT molecular complexity index is 1110. The lowest BCUT2D eigenvalue weighted by atomic mass is 10.2. The van der Waals surface area contributed by atoms with Crippen LogP contribution in [0.3, 0.4) is 0 Å². The van der Waals surface area contributed by atoms with Gasteiger partial charge in [-0.3, -0.25) is 19.6 Å². The number of rotatable bonds is 18. The minimum Gasteiger partial charge on any atom is -0.378 e. The molecule has 2 aromatic rings. The van der Waals surface area contributed by atoms with Gasteiger partial charge in [0, 0.05) is 44.3 Å². The summed E-state index contributed by atoms with van der Waals surface area (Å²) >= 11 is 0. The van der Waals surface area contributed by atoms with Crippen LogP contribution in [-0.2, 0) is 42.3 Å². The number of nitrogens with one attached hydrogen (secondary N) is 3. The summed E-state index contributed by atoms with van der Waals surface area (Å²) in [6.45, 7) is 2.64. The summed E-state index contributed by atoms with van der Waals surface area (Å²) in [5.41, 5.74) is 10.3. The molecule has 1 heterocycles.